The van der Waals surface area contributed by atoms with Gasteiger partial charge in [0.2, 0.25) is 5.91 Å². The highest BCUT2D eigenvalue weighted by Crippen LogP contribution is 2.19. The number of rotatable bonds is 5. The summed E-state index contributed by atoms with van der Waals surface area (Å²) in [5.74, 6) is -1.31. The number of aromatic nitrogens is 1. The molecule has 0 radical (unpaired) electrons. The highest BCUT2D eigenvalue weighted by Gasteiger charge is 2.18. The van der Waals surface area contributed by atoms with Crippen LogP contribution in [0.3, 0.4) is 0 Å². The van der Waals surface area contributed by atoms with Gasteiger partial charge in [-0.2, -0.15) is 0 Å². The molecule has 0 aliphatic rings. The molecule has 20 heavy (non-hydrogen) atoms. The van der Waals surface area contributed by atoms with E-state index in [2.05, 4.69) is 10.3 Å². The lowest BCUT2D eigenvalue weighted by molar-refractivity contribution is -0.122. The highest BCUT2D eigenvalue weighted by atomic mass is 32.1. The molecule has 2 rings (SSSR count). The Kier molecular flexibility index (Phi) is 4.48. The van der Waals surface area contributed by atoms with Crippen molar-refractivity contribution in [2.24, 2.45) is 5.73 Å². The number of carbonyl (C=O) groups excluding carboxylic acids is 1. The number of nitrogens with zero attached hydrogens (tertiary/aromatic N) is 1. The molecule has 0 fully saturated rings. The summed E-state index contributed by atoms with van der Waals surface area (Å²) in [6.07, 6.45) is 0. The summed E-state index contributed by atoms with van der Waals surface area (Å²) in [7, 11) is 0. The quantitative estimate of drug-likeness (QED) is 0.776. The van der Waals surface area contributed by atoms with Crippen LogP contribution in [0.15, 0.2) is 17.5 Å². The molecule has 0 bridgehead atoms. The molecule has 0 aliphatic carbocycles. The SMILES string of the molecule is Cc1nc(CNC(=O)C(N)c2cccs2)sc1C(=O)O. The van der Waals surface area contributed by atoms with Crippen LogP contribution >= 0.6 is 22.7 Å². The lowest BCUT2D eigenvalue weighted by Gasteiger charge is -2.09. The van der Waals surface area contributed by atoms with Crippen molar-refractivity contribution in [3.05, 3.63) is 38.0 Å². The summed E-state index contributed by atoms with van der Waals surface area (Å²) < 4.78 is 0. The molecule has 106 valence electrons. The number of nitrogens with one attached hydrogen (secondary N) is 1. The number of hydrogen-bond donors (Lipinski definition) is 3. The number of carboxylic acid groups (broad SMARTS) is 1. The fourth-order valence-corrected chi connectivity index (χ4v) is 3.16. The molecule has 6 nitrogen and oxygen atoms in total. The number of carbonyl (C=O) groups is 2. The Morgan fingerprint density at radius 2 is 2.30 bits per heavy atom. The van der Waals surface area contributed by atoms with Gasteiger partial charge in [0, 0.05) is 4.88 Å². The second-order valence-corrected chi connectivity index (χ2v) is 6.10. The summed E-state index contributed by atoms with van der Waals surface area (Å²) in [5, 5.41) is 14.0. The molecular formula is C12H13N3O3S2. The molecule has 1 atom stereocenters. The third-order valence-electron chi connectivity index (χ3n) is 2.58. The van der Waals surface area contributed by atoms with Gasteiger partial charge in [-0.1, -0.05) is 6.07 Å². The fourth-order valence-electron chi connectivity index (χ4n) is 1.60. The van der Waals surface area contributed by atoms with E-state index in [-0.39, 0.29) is 17.3 Å². The van der Waals surface area contributed by atoms with Crippen molar-refractivity contribution in [3.63, 3.8) is 0 Å². The molecule has 1 unspecified atom stereocenters. The van der Waals surface area contributed by atoms with Gasteiger partial charge in [0.05, 0.1) is 12.2 Å². The van der Waals surface area contributed by atoms with Crippen LogP contribution in [0.2, 0.25) is 0 Å². The molecule has 8 heteroatoms. The van der Waals surface area contributed by atoms with Gasteiger partial charge in [0.15, 0.2) is 0 Å². The summed E-state index contributed by atoms with van der Waals surface area (Å²) in [6, 6.07) is 2.91. The first-order valence-electron chi connectivity index (χ1n) is 5.75. The van der Waals surface area contributed by atoms with Crippen molar-refractivity contribution in [2.45, 2.75) is 19.5 Å². The third kappa shape index (κ3) is 3.21. The van der Waals surface area contributed by atoms with Crippen LogP contribution in [0.4, 0.5) is 0 Å². The number of carboxylic acids is 1. The average Bonchev–Trinajstić information content (AvgIpc) is 3.04. The largest absolute Gasteiger partial charge is 0.477 e. The van der Waals surface area contributed by atoms with Crippen LogP contribution < -0.4 is 11.1 Å². The maximum Gasteiger partial charge on any atom is 0.347 e. The normalized spacial score (nSPS) is 12.1. The van der Waals surface area contributed by atoms with Crippen LogP contribution in [0, 0.1) is 6.92 Å². The fraction of sp³-hybridized carbons (Fsp3) is 0.250. The average molecular weight is 311 g/mol. The van der Waals surface area contributed by atoms with Crippen molar-refractivity contribution in [2.75, 3.05) is 0 Å². The second kappa shape index (κ2) is 6.12. The van der Waals surface area contributed by atoms with Crippen molar-refractivity contribution in [1.29, 1.82) is 0 Å². The predicted octanol–water partition coefficient (Wildman–Crippen LogP) is 1.53. The summed E-state index contributed by atoms with van der Waals surface area (Å²) in [6.45, 7) is 1.80. The monoisotopic (exact) mass is 311 g/mol. The first-order valence-corrected chi connectivity index (χ1v) is 7.45. The van der Waals surface area contributed by atoms with E-state index in [1.165, 1.54) is 11.3 Å². The van der Waals surface area contributed by atoms with Crippen molar-refractivity contribution in [1.82, 2.24) is 10.3 Å². The minimum absolute atomic E-state index is 0.177. The number of aromatic carboxylic acids is 1. The van der Waals surface area contributed by atoms with Gasteiger partial charge >= 0.3 is 5.97 Å². The smallest absolute Gasteiger partial charge is 0.347 e. The van der Waals surface area contributed by atoms with Gasteiger partial charge in [-0.05, 0) is 18.4 Å². The molecule has 0 aromatic carbocycles. The van der Waals surface area contributed by atoms with Crippen LogP contribution in [0.1, 0.15) is 31.3 Å². The maximum absolute atomic E-state index is 11.9. The zero-order chi connectivity index (χ0) is 14.7. The minimum atomic E-state index is -1.01. The van der Waals surface area contributed by atoms with E-state index in [1.807, 2.05) is 11.4 Å². The molecule has 0 spiro atoms. The zero-order valence-electron chi connectivity index (χ0n) is 10.6. The van der Waals surface area contributed by atoms with Crippen molar-refractivity contribution in [3.8, 4) is 0 Å². The Labute approximate surface area is 123 Å². The van der Waals surface area contributed by atoms with E-state index in [0.717, 1.165) is 16.2 Å². The van der Waals surface area contributed by atoms with E-state index >= 15 is 0 Å². The van der Waals surface area contributed by atoms with Crippen LogP contribution in [0.25, 0.3) is 0 Å². The first-order chi connectivity index (χ1) is 9.49. The number of thiazole rings is 1. The van der Waals surface area contributed by atoms with E-state index in [0.29, 0.717) is 10.7 Å². The van der Waals surface area contributed by atoms with Crippen molar-refractivity contribution >= 4 is 34.6 Å². The standard InChI is InChI=1S/C12H13N3O3S2/c1-6-10(12(17)18)20-8(15-6)5-14-11(16)9(13)7-3-2-4-19-7/h2-4,9H,5,13H2,1H3,(H,14,16)(H,17,18). The van der Waals surface area contributed by atoms with E-state index < -0.39 is 12.0 Å². The van der Waals surface area contributed by atoms with Gasteiger partial charge in [-0.3, -0.25) is 4.79 Å². The minimum Gasteiger partial charge on any atom is -0.477 e. The molecule has 1 amide bonds. The lowest BCUT2D eigenvalue weighted by Crippen LogP contribution is -2.33. The first kappa shape index (κ1) is 14.6. The van der Waals surface area contributed by atoms with Crippen LogP contribution in [-0.4, -0.2) is 22.0 Å². The summed E-state index contributed by atoms with van der Waals surface area (Å²) in [5.41, 5.74) is 6.27. The molecule has 4 N–H and O–H groups in total. The van der Waals surface area contributed by atoms with Gasteiger partial charge in [0.25, 0.3) is 0 Å². The number of aryl methyl sites for hydroxylation is 1. The summed E-state index contributed by atoms with van der Waals surface area (Å²) >= 11 is 2.47. The van der Waals surface area contributed by atoms with E-state index in [4.69, 9.17) is 10.8 Å². The second-order valence-electron chi connectivity index (χ2n) is 4.04. The molecule has 0 saturated carbocycles. The Morgan fingerprint density at radius 3 is 2.85 bits per heavy atom. The predicted molar refractivity (Wildman–Crippen MR) is 76.9 cm³/mol. The molecular weight excluding hydrogens is 298 g/mol. The third-order valence-corrected chi connectivity index (χ3v) is 4.68. The number of nitrogens with two attached hydrogens (primary N) is 1. The molecule has 0 saturated heterocycles. The van der Waals surface area contributed by atoms with E-state index in [9.17, 15) is 9.59 Å². The van der Waals surface area contributed by atoms with Crippen LogP contribution in [-0.2, 0) is 11.3 Å². The van der Waals surface area contributed by atoms with Gasteiger partial charge in [0.1, 0.15) is 15.9 Å². The topological polar surface area (TPSA) is 105 Å². The molecule has 2 aromatic rings. The Hall–Kier alpha value is -1.77. The van der Waals surface area contributed by atoms with Crippen molar-refractivity contribution < 1.29 is 14.7 Å². The van der Waals surface area contributed by atoms with Gasteiger partial charge in [-0.15, -0.1) is 22.7 Å². The Bertz CT molecular complexity index is 622. The number of thiophene rings is 1. The molecule has 2 aromatic heterocycles. The van der Waals surface area contributed by atoms with Gasteiger partial charge < -0.3 is 16.2 Å². The van der Waals surface area contributed by atoms with Crippen LogP contribution in [0.5, 0.6) is 0 Å². The number of hydrogen-bond acceptors (Lipinski definition) is 6. The Balaban J connectivity index is 1.97. The zero-order valence-corrected chi connectivity index (χ0v) is 12.3. The lowest BCUT2D eigenvalue weighted by atomic mass is 10.2. The maximum atomic E-state index is 11.9. The summed E-state index contributed by atoms with van der Waals surface area (Å²) in [4.78, 5) is 27.9. The van der Waals surface area contributed by atoms with Gasteiger partial charge in [-0.25, -0.2) is 9.78 Å². The Morgan fingerprint density at radius 1 is 1.55 bits per heavy atom. The number of amides is 1. The molecule has 2 heterocycles. The van der Waals surface area contributed by atoms with E-state index in [1.54, 1.807) is 13.0 Å². The highest BCUT2D eigenvalue weighted by molar-refractivity contribution is 7.13. The molecule has 0 aliphatic heterocycles.